The third-order valence-corrected chi connectivity index (χ3v) is 8.23. The highest BCUT2D eigenvalue weighted by atomic mass is 35.5. The van der Waals surface area contributed by atoms with Crippen molar-refractivity contribution in [2.75, 3.05) is 44.3 Å². The number of anilines is 1. The first kappa shape index (κ1) is 25.2. The van der Waals surface area contributed by atoms with Gasteiger partial charge in [0, 0.05) is 49.6 Å². The summed E-state index contributed by atoms with van der Waals surface area (Å²) in [6.45, 7) is 8.81. The van der Waals surface area contributed by atoms with E-state index >= 15 is 0 Å². The lowest BCUT2D eigenvalue weighted by Gasteiger charge is -2.29. The predicted octanol–water partition coefficient (Wildman–Crippen LogP) is 5.60. The van der Waals surface area contributed by atoms with Gasteiger partial charge < -0.3 is 19.2 Å². The second-order valence-electron chi connectivity index (χ2n) is 9.53. The SMILES string of the molecule is Cc1cc(CN2CCOCC2)ccc1COc1c(Cl)cccc1-c1csc(N2CCC(C=O)CC2)n1. The number of hydrogen-bond donors (Lipinski definition) is 0. The molecule has 0 bridgehead atoms. The highest BCUT2D eigenvalue weighted by Crippen LogP contribution is 2.39. The van der Waals surface area contributed by atoms with Crippen LogP contribution in [0.4, 0.5) is 5.13 Å². The van der Waals surface area contributed by atoms with Crippen molar-refractivity contribution in [1.82, 2.24) is 9.88 Å². The molecule has 0 atom stereocenters. The standard InChI is InChI=1S/C28H32ClN3O3S/c1-20-15-22(16-31-11-13-34-14-12-31)5-6-23(20)18-35-27-24(3-2-4-25(27)29)26-19-36-28(30-26)32-9-7-21(17-33)8-10-32/h2-6,15,17,19,21H,7-14,16,18H2,1H3. The minimum absolute atomic E-state index is 0.172. The summed E-state index contributed by atoms with van der Waals surface area (Å²) in [5.41, 5.74) is 5.42. The van der Waals surface area contributed by atoms with E-state index in [-0.39, 0.29) is 5.92 Å². The Morgan fingerprint density at radius 2 is 1.97 bits per heavy atom. The minimum atomic E-state index is 0.172. The molecule has 0 aliphatic carbocycles. The second kappa shape index (κ2) is 11.7. The maximum atomic E-state index is 11.1. The van der Waals surface area contributed by atoms with Gasteiger partial charge in [0.1, 0.15) is 18.6 Å². The number of benzene rings is 2. The van der Waals surface area contributed by atoms with Crippen molar-refractivity contribution < 1.29 is 14.3 Å². The van der Waals surface area contributed by atoms with Gasteiger partial charge in [0.15, 0.2) is 5.13 Å². The Kier molecular flexibility index (Phi) is 8.22. The molecule has 8 heteroatoms. The molecule has 0 unspecified atom stereocenters. The van der Waals surface area contributed by atoms with Crippen LogP contribution in [-0.4, -0.2) is 55.6 Å². The van der Waals surface area contributed by atoms with Gasteiger partial charge in [-0.2, -0.15) is 0 Å². The summed E-state index contributed by atoms with van der Waals surface area (Å²) in [6, 6.07) is 12.4. The molecule has 2 fully saturated rings. The number of morpholine rings is 1. The summed E-state index contributed by atoms with van der Waals surface area (Å²) >= 11 is 8.22. The number of para-hydroxylation sites is 1. The molecule has 0 N–H and O–H groups in total. The van der Waals surface area contributed by atoms with E-state index in [1.54, 1.807) is 11.3 Å². The van der Waals surface area contributed by atoms with E-state index < -0.39 is 0 Å². The Hall–Kier alpha value is -2.45. The average Bonchev–Trinajstić information content (AvgIpc) is 3.40. The quantitative estimate of drug-likeness (QED) is 0.357. The van der Waals surface area contributed by atoms with E-state index in [9.17, 15) is 4.79 Å². The van der Waals surface area contributed by atoms with Gasteiger partial charge in [-0.15, -0.1) is 11.3 Å². The Bertz CT molecular complexity index is 1190. The van der Waals surface area contributed by atoms with Crippen molar-refractivity contribution in [3.63, 3.8) is 0 Å². The third-order valence-electron chi connectivity index (χ3n) is 7.03. The van der Waals surface area contributed by atoms with Crippen LogP contribution < -0.4 is 9.64 Å². The molecular formula is C28H32ClN3O3S. The Morgan fingerprint density at radius 3 is 2.72 bits per heavy atom. The normalized spacial score (nSPS) is 17.3. The lowest BCUT2D eigenvalue weighted by molar-refractivity contribution is -0.111. The van der Waals surface area contributed by atoms with E-state index in [1.165, 1.54) is 11.1 Å². The first-order valence-electron chi connectivity index (χ1n) is 12.6. The number of nitrogens with zero attached hydrogens (tertiary/aromatic N) is 3. The van der Waals surface area contributed by atoms with Crippen molar-refractivity contribution in [3.8, 4) is 17.0 Å². The van der Waals surface area contributed by atoms with Crippen LogP contribution in [0, 0.1) is 12.8 Å². The number of halogens is 1. The number of carbonyl (C=O) groups is 1. The molecule has 6 nitrogen and oxygen atoms in total. The molecule has 3 aromatic rings. The fourth-order valence-corrected chi connectivity index (χ4v) is 5.91. The van der Waals surface area contributed by atoms with Gasteiger partial charge in [-0.25, -0.2) is 4.98 Å². The van der Waals surface area contributed by atoms with Crippen molar-refractivity contribution in [2.24, 2.45) is 5.92 Å². The summed E-state index contributed by atoms with van der Waals surface area (Å²) in [5, 5.41) is 3.62. The molecule has 2 saturated heterocycles. The lowest BCUT2D eigenvalue weighted by Crippen LogP contribution is -2.35. The van der Waals surface area contributed by atoms with Crippen LogP contribution in [0.3, 0.4) is 0 Å². The van der Waals surface area contributed by atoms with Crippen molar-refractivity contribution in [3.05, 3.63) is 63.5 Å². The molecule has 0 radical (unpaired) electrons. The largest absolute Gasteiger partial charge is 0.487 e. The molecule has 0 saturated carbocycles. The Balaban J connectivity index is 1.27. The third kappa shape index (κ3) is 5.92. The smallest absolute Gasteiger partial charge is 0.185 e. The molecule has 0 amide bonds. The molecule has 190 valence electrons. The first-order chi connectivity index (χ1) is 17.6. The summed E-state index contributed by atoms with van der Waals surface area (Å²) in [7, 11) is 0. The predicted molar refractivity (Wildman–Crippen MR) is 145 cm³/mol. The van der Waals surface area contributed by atoms with Crippen LogP contribution in [0.5, 0.6) is 5.75 Å². The zero-order valence-corrected chi connectivity index (χ0v) is 22.2. The fourth-order valence-electron chi connectivity index (χ4n) is 4.80. The molecule has 2 aliphatic rings. The van der Waals surface area contributed by atoms with Crippen LogP contribution in [-0.2, 0) is 22.7 Å². The van der Waals surface area contributed by atoms with Gasteiger partial charge in [-0.05, 0) is 48.6 Å². The number of aromatic nitrogens is 1. The number of hydrogen-bond acceptors (Lipinski definition) is 7. The van der Waals surface area contributed by atoms with Crippen molar-refractivity contribution >= 4 is 34.4 Å². The number of carbonyl (C=O) groups excluding carboxylic acids is 1. The molecule has 36 heavy (non-hydrogen) atoms. The molecule has 1 aromatic heterocycles. The zero-order chi connectivity index (χ0) is 24.9. The molecule has 5 rings (SSSR count). The molecule has 2 aromatic carbocycles. The Labute approximate surface area is 221 Å². The van der Waals surface area contributed by atoms with Crippen LogP contribution in [0.2, 0.25) is 5.02 Å². The monoisotopic (exact) mass is 525 g/mol. The van der Waals surface area contributed by atoms with Gasteiger partial charge in [-0.3, -0.25) is 4.90 Å². The number of thiazole rings is 1. The summed E-state index contributed by atoms with van der Waals surface area (Å²) < 4.78 is 11.8. The number of rotatable bonds is 8. The Morgan fingerprint density at radius 1 is 1.17 bits per heavy atom. The maximum absolute atomic E-state index is 11.1. The van der Waals surface area contributed by atoms with Gasteiger partial charge in [-0.1, -0.05) is 35.9 Å². The lowest BCUT2D eigenvalue weighted by atomic mass is 9.99. The highest BCUT2D eigenvalue weighted by Gasteiger charge is 2.22. The van der Waals surface area contributed by atoms with E-state index in [2.05, 4.69) is 40.3 Å². The van der Waals surface area contributed by atoms with E-state index in [1.807, 2.05) is 18.2 Å². The molecule has 2 aliphatic heterocycles. The van der Waals surface area contributed by atoms with Crippen molar-refractivity contribution in [2.45, 2.75) is 32.9 Å². The van der Waals surface area contributed by atoms with Crippen LogP contribution >= 0.6 is 22.9 Å². The first-order valence-corrected chi connectivity index (χ1v) is 13.8. The molecular weight excluding hydrogens is 494 g/mol. The van der Waals surface area contributed by atoms with Crippen LogP contribution in [0.25, 0.3) is 11.3 Å². The summed E-state index contributed by atoms with van der Waals surface area (Å²) in [6.07, 6.45) is 2.85. The minimum Gasteiger partial charge on any atom is -0.487 e. The van der Waals surface area contributed by atoms with Crippen molar-refractivity contribution in [1.29, 1.82) is 0 Å². The molecule has 0 spiro atoms. The zero-order valence-electron chi connectivity index (χ0n) is 20.6. The number of ether oxygens (including phenoxy) is 2. The van der Waals surface area contributed by atoms with Gasteiger partial charge in [0.2, 0.25) is 0 Å². The van der Waals surface area contributed by atoms with Gasteiger partial charge in [0.25, 0.3) is 0 Å². The van der Waals surface area contributed by atoms with Crippen LogP contribution in [0.1, 0.15) is 29.5 Å². The maximum Gasteiger partial charge on any atom is 0.185 e. The van der Waals surface area contributed by atoms with Crippen LogP contribution in [0.15, 0.2) is 41.8 Å². The highest BCUT2D eigenvalue weighted by molar-refractivity contribution is 7.14. The number of piperidine rings is 1. The average molecular weight is 526 g/mol. The van der Waals surface area contributed by atoms with Gasteiger partial charge >= 0.3 is 0 Å². The second-order valence-corrected chi connectivity index (χ2v) is 10.8. The molecule has 3 heterocycles. The summed E-state index contributed by atoms with van der Waals surface area (Å²) in [4.78, 5) is 20.7. The van der Waals surface area contributed by atoms with E-state index in [0.717, 1.165) is 87.0 Å². The number of aldehydes is 1. The summed E-state index contributed by atoms with van der Waals surface area (Å²) in [5.74, 6) is 0.831. The topological polar surface area (TPSA) is 54.9 Å². The van der Waals surface area contributed by atoms with Gasteiger partial charge in [0.05, 0.1) is 23.9 Å². The number of aryl methyl sites for hydroxylation is 1. The fraction of sp³-hybridized carbons (Fsp3) is 0.429. The van der Waals surface area contributed by atoms with E-state index in [0.29, 0.717) is 17.4 Å². The van der Waals surface area contributed by atoms with E-state index in [4.69, 9.17) is 26.1 Å².